The number of aromatic amines is 1. The van der Waals surface area contributed by atoms with Gasteiger partial charge in [0.2, 0.25) is 0 Å². The fourth-order valence-corrected chi connectivity index (χ4v) is 2.00. The van der Waals surface area contributed by atoms with Gasteiger partial charge in [-0.1, -0.05) is 6.07 Å². The second kappa shape index (κ2) is 4.87. The minimum atomic E-state index is 0.956. The molecule has 0 unspecified atom stereocenters. The van der Waals surface area contributed by atoms with Crippen molar-refractivity contribution in [3.8, 4) is 0 Å². The van der Waals surface area contributed by atoms with Gasteiger partial charge in [-0.25, -0.2) is 9.97 Å². The van der Waals surface area contributed by atoms with E-state index in [4.69, 9.17) is 0 Å². The SMILES string of the molecule is c1cnc2[nH]ccc2c1.c1cnc2c(c1)CCN2. The molecule has 0 aliphatic carbocycles. The minimum absolute atomic E-state index is 0.956. The lowest BCUT2D eigenvalue weighted by atomic mass is 10.2. The second-order valence-electron chi connectivity index (χ2n) is 4.11. The maximum absolute atomic E-state index is 4.15. The van der Waals surface area contributed by atoms with Crippen LogP contribution in [0.5, 0.6) is 0 Å². The lowest BCUT2D eigenvalue weighted by Gasteiger charge is -1.93. The largest absolute Gasteiger partial charge is 0.370 e. The van der Waals surface area contributed by atoms with Gasteiger partial charge in [0.1, 0.15) is 11.5 Å². The Morgan fingerprint density at radius 1 is 1.00 bits per heavy atom. The molecule has 0 atom stereocenters. The number of rotatable bonds is 0. The Balaban J connectivity index is 0.000000111. The van der Waals surface area contributed by atoms with Gasteiger partial charge < -0.3 is 10.3 Å². The molecule has 4 nitrogen and oxygen atoms in total. The molecule has 0 saturated carbocycles. The summed E-state index contributed by atoms with van der Waals surface area (Å²) in [5.74, 6) is 1.07. The third-order valence-electron chi connectivity index (χ3n) is 2.90. The summed E-state index contributed by atoms with van der Waals surface area (Å²) in [6.07, 6.45) is 6.61. The Morgan fingerprint density at radius 2 is 1.89 bits per heavy atom. The van der Waals surface area contributed by atoms with Crippen LogP contribution in [0.15, 0.2) is 48.9 Å². The molecule has 4 heteroatoms. The fraction of sp³-hybridized carbons (Fsp3) is 0.143. The number of nitrogens with zero attached hydrogens (tertiary/aromatic N) is 2. The molecule has 0 aromatic carbocycles. The van der Waals surface area contributed by atoms with Crippen LogP contribution in [0.3, 0.4) is 0 Å². The number of anilines is 1. The van der Waals surface area contributed by atoms with E-state index in [0.717, 1.165) is 29.8 Å². The van der Waals surface area contributed by atoms with Crippen molar-refractivity contribution in [2.24, 2.45) is 0 Å². The molecule has 0 saturated heterocycles. The summed E-state index contributed by atoms with van der Waals surface area (Å²) in [5.41, 5.74) is 2.30. The first-order valence-electron chi connectivity index (χ1n) is 5.99. The van der Waals surface area contributed by atoms with Crippen LogP contribution in [0.2, 0.25) is 0 Å². The maximum Gasteiger partial charge on any atom is 0.137 e. The predicted octanol–water partition coefficient (Wildman–Crippen LogP) is 2.61. The van der Waals surface area contributed by atoms with E-state index >= 15 is 0 Å². The zero-order valence-corrected chi connectivity index (χ0v) is 9.93. The zero-order chi connectivity index (χ0) is 12.2. The van der Waals surface area contributed by atoms with Crippen molar-refractivity contribution in [3.63, 3.8) is 0 Å². The average molecular weight is 238 g/mol. The molecule has 0 bridgehead atoms. The molecule has 2 N–H and O–H groups in total. The van der Waals surface area contributed by atoms with E-state index in [1.165, 1.54) is 5.56 Å². The number of hydrogen-bond acceptors (Lipinski definition) is 3. The van der Waals surface area contributed by atoms with Gasteiger partial charge in [-0.05, 0) is 36.2 Å². The quantitative estimate of drug-likeness (QED) is 0.633. The summed E-state index contributed by atoms with van der Waals surface area (Å²) in [6, 6.07) is 10.0. The van der Waals surface area contributed by atoms with Crippen LogP contribution in [-0.2, 0) is 6.42 Å². The summed E-state index contributed by atoms with van der Waals surface area (Å²) >= 11 is 0. The van der Waals surface area contributed by atoms with Crippen molar-refractivity contribution < 1.29 is 0 Å². The smallest absolute Gasteiger partial charge is 0.137 e. The number of aromatic nitrogens is 3. The van der Waals surface area contributed by atoms with Crippen molar-refractivity contribution in [1.82, 2.24) is 15.0 Å². The van der Waals surface area contributed by atoms with E-state index < -0.39 is 0 Å². The molecule has 0 amide bonds. The van der Waals surface area contributed by atoms with Crippen LogP contribution in [0.25, 0.3) is 11.0 Å². The van der Waals surface area contributed by atoms with Crippen LogP contribution >= 0.6 is 0 Å². The van der Waals surface area contributed by atoms with E-state index in [2.05, 4.69) is 26.3 Å². The number of fused-ring (bicyclic) bond motifs is 2. The van der Waals surface area contributed by atoms with E-state index in [1.54, 1.807) is 6.20 Å². The van der Waals surface area contributed by atoms with Crippen molar-refractivity contribution in [1.29, 1.82) is 0 Å². The molecule has 0 fully saturated rings. The number of hydrogen-bond donors (Lipinski definition) is 2. The molecule has 3 aromatic rings. The van der Waals surface area contributed by atoms with Crippen LogP contribution in [0.1, 0.15) is 5.56 Å². The molecule has 1 aliphatic heterocycles. The van der Waals surface area contributed by atoms with E-state index in [9.17, 15) is 0 Å². The summed E-state index contributed by atoms with van der Waals surface area (Å²) in [7, 11) is 0. The predicted molar refractivity (Wildman–Crippen MR) is 72.5 cm³/mol. The van der Waals surface area contributed by atoms with E-state index in [0.29, 0.717) is 0 Å². The maximum atomic E-state index is 4.15. The Morgan fingerprint density at radius 3 is 2.78 bits per heavy atom. The van der Waals surface area contributed by atoms with Crippen molar-refractivity contribution >= 4 is 16.9 Å². The van der Waals surface area contributed by atoms with Crippen LogP contribution < -0.4 is 5.32 Å². The molecular formula is C14H14N4. The van der Waals surface area contributed by atoms with E-state index in [-0.39, 0.29) is 0 Å². The zero-order valence-electron chi connectivity index (χ0n) is 9.93. The highest BCUT2D eigenvalue weighted by Crippen LogP contribution is 2.16. The first kappa shape index (κ1) is 10.8. The summed E-state index contributed by atoms with van der Waals surface area (Å²) < 4.78 is 0. The molecule has 1 aliphatic rings. The highest BCUT2D eigenvalue weighted by molar-refractivity contribution is 5.74. The molecule has 4 rings (SSSR count). The lowest BCUT2D eigenvalue weighted by Crippen LogP contribution is -1.92. The Kier molecular flexibility index (Phi) is 2.92. The lowest BCUT2D eigenvalue weighted by molar-refractivity contribution is 1.11. The van der Waals surface area contributed by atoms with Crippen LogP contribution in [0.4, 0.5) is 5.82 Å². The molecule has 18 heavy (non-hydrogen) atoms. The number of nitrogens with one attached hydrogen (secondary N) is 2. The highest BCUT2D eigenvalue weighted by atomic mass is 15.0. The Labute approximate surface area is 105 Å². The minimum Gasteiger partial charge on any atom is -0.370 e. The molecule has 4 heterocycles. The second-order valence-corrected chi connectivity index (χ2v) is 4.11. The number of H-pyrrole nitrogens is 1. The molecule has 0 spiro atoms. The van der Waals surface area contributed by atoms with Crippen molar-refractivity contribution in [3.05, 3.63) is 54.5 Å². The Hall–Kier alpha value is -2.36. The van der Waals surface area contributed by atoms with Crippen LogP contribution in [-0.4, -0.2) is 21.5 Å². The monoisotopic (exact) mass is 238 g/mol. The summed E-state index contributed by atoms with van der Waals surface area (Å²) in [4.78, 5) is 11.2. The standard InChI is InChI=1S/C7H8N2.C7H6N2/c2*1-2-6-3-5-9-7(6)8-4-1/h1-2,4H,3,5H2,(H,8,9);1-5H,(H,8,9). The highest BCUT2D eigenvalue weighted by Gasteiger charge is 2.07. The average Bonchev–Trinajstić information content (AvgIpc) is 3.08. The first-order valence-corrected chi connectivity index (χ1v) is 5.99. The molecule has 90 valence electrons. The van der Waals surface area contributed by atoms with Crippen LogP contribution in [0, 0.1) is 0 Å². The Bertz CT molecular complexity index is 592. The molecule has 0 radical (unpaired) electrons. The molecular weight excluding hydrogens is 224 g/mol. The van der Waals surface area contributed by atoms with Gasteiger partial charge >= 0.3 is 0 Å². The van der Waals surface area contributed by atoms with Gasteiger partial charge in [0.25, 0.3) is 0 Å². The van der Waals surface area contributed by atoms with Gasteiger partial charge in [-0.2, -0.15) is 0 Å². The number of pyridine rings is 2. The first-order chi connectivity index (χ1) is 8.93. The van der Waals surface area contributed by atoms with Gasteiger partial charge in [0, 0.05) is 30.5 Å². The normalized spacial score (nSPS) is 12.4. The van der Waals surface area contributed by atoms with E-state index in [1.807, 2.05) is 36.7 Å². The van der Waals surface area contributed by atoms with Crippen molar-refractivity contribution in [2.75, 3.05) is 11.9 Å². The third-order valence-corrected chi connectivity index (χ3v) is 2.90. The van der Waals surface area contributed by atoms with Gasteiger partial charge in [-0.15, -0.1) is 0 Å². The van der Waals surface area contributed by atoms with Crippen molar-refractivity contribution in [2.45, 2.75) is 6.42 Å². The summed E-state index contributed by atoms with van der Waals surface area (Å²) in [6.45, 7) is 1.05. The summed E-state index contributed by atoms with van der Waals surface area (Å²) in [5, 5.41) is 4.35. The fourth-order valence-electron chi connectivity index (χ4n) is 2.00. The topological polar surface area (TPSA) is 53.6 Å². The van der Waals surface area contributed by atoms with Gasteiger partial charge in [0.15, 0.2) is 0 Å². The molecule has 3 aromatic heterocycles. The van der Waals surface area contributed by atoms with Gasteiger partial charge in [0.05, 0.1) is 0 Å². The third kappa shape index (κ3) is 2.18. The van der Waals surface area contributed by atoms with Gasteiger partial charge in [-0.3, -0.25) is 0 Å².